The summed E-state index contributed by atoms with van der Waals surface area (Å²) in [6.45, 7) is 2.40. The fourth-order valence-corrected chi connectivity index (χ4v) is 4.01. The molecule has 1 heterocycles. The molecule has 0 saturated heterocycles. The van der Waals surface area contributed by atoms with E-state index >= 15 is 0 Å². The van der Waals surface area contributed by atoms with E-state index in [0.29, 0.717) is 4.88 Å². The summed E-state index contributed by atoms with van der Waals surface area (Å²) in [7, 11) is -3.71. The van der Waals surface area contributed by atoms with Crippen molar-refractivity contribution in [1.82, 2.24) is 0 Å². The van der Waals surface area contributed by atoms with Crippen molar-refractivity contribution in [3.05, 3.63) is 20.8 Å². The topological polar surface area (TPSA) is 71.4 Å². The number of hydrogen-bond donors (Lipinski definition) is 1. The predicted octanol–water partition coefficient (Wildman–Crippen LogP) is 2.29. The standard InChI is InChI=1S/C9H11BrO4S2/c1-9(2,8(11)12)16(13,14)5-6-3-4-7(10)15-6/h3-4H,5H2,1-2H3,(H,11,12). The van der Waals surface area contributed by atoms with Crippen molar-refractivity contribution in [2.45, 2.75) is 24.3 Å². The van der Waals surface area contributed by atoms with E-state index < -0.39 is 20.6 Å². The number of hydrogen-bond acceptors (Lipinski definition) is 4. The second kappa shape index (κ2) is 4.46. The Labute approximate surface area is 106 Å². The van der Waals surface area contributed by atoms with Gasteiger partial charge in [0.05, 0.1) is 9.54 Å². The van der Waals surface area contributed by atoms with Crippen LogP contribution in [0.2, 0.25) is 0 Å². The highest BCUT2D eigenvalue weighted by molar-refractivity contribution is 9.11. The van der Waals surface area contributed by atoms with Gasteiger partial charge in [-0.05, 0) is 41.9 Å². The maximum Gasteiger partial charge on any atom is 0.324 e. The molecule has 0 radical (unpaired) electrons. The van der Waals surface area contributed by atoms with Crippen molar-refractivity contribution in [2.24, 2.45) is 0 Å². The molecule has 1 aromatic rings. The van der Waals surface area contributed by atoms with E-state index in [1.807, 2.05) is 0 Å². The van der Waals surface area contributed by atoms with Gasteiger partial charge in [0.15, 0.2) is 14.6 Å². The minimum absolute atomic E-state index is 0.247. The highest BCUT2D eigenvalue weighted by Crippen LogP contribution is 2.27. The van der Waals surface area contributed by atoms with Gasteiger partial charge in [-0.2, -0.15) is 0 Å². The molecular formula is C9H11BrO4S2. The Morgan fingerprint density at radius 3 is 2.44 bits per heavy atom. The second-order valence-electron chi connectivity index (χ2n) is 3.78. The Balaban J connectivity index is 3.01. The van der Waals surface area contributed by atoms with E-state index in [4.69, 9.17) is 5.11 Å². The van der Waals surface area contributed by atoms with Gasteiger partial charge in [0.1, 0.15) is 0 Å². The van der Waals surface area contributed by atoms with Crippen LogP contribution in [0.5, 0.6) is 0 Å². The Morgan fingerprint density at radius 1 is 1.50 bits per heavy atom. The molecule has 0 fully saturated rings. The van der Waals surface area contributed by atoms with Crippen molar-refractivity contribution in [3.63, 3.8) is 0 Å². The molecule has 1 N–H and O–H groups in total. The van der Waals surface area contributed by atoms with Crippen LogP contribution in [0.3, 0.4) is 0 Å². The molecule has 0 aliphatic heterocycles. The average molecular weight is 327 g/mol. The molecular weight excluding hydrogens is 316 g/mol. The molecule has 4 nitrogen and oxygen atoms in total. The largest absolute Gasteiger partial charge is 0.480 e. The first-order valence-electron chi connectivity index (χ1n) is 4.37. The van der Waals surface area contributed by atoms with Gasteiger partial charge in [-0.3, -0.25) is 4.79 Å². The third-order valence-electron chi connectivity index (χ3n) is 2.25. The lowest BCUT2D eigenvalue weighted by molar-refractivity contribution is -0.139. The lowest BCUT2D eigenvalue weighted by atomic mass is 10.2. The number of carboxylic acids is 1. The zero-order chi connectivity index (χ0) is 12.6. The number of sulfone groups is 1. The average Bonchev–Trinajstić information content (AvgIpc) is 2.49. The molecule has 90 valence electrons. The molecule has 1 rings (SSSR count). The van der Waals surface area contributed by atoms with Crippen LogP contribution in [0.1, 0.15) is 18.7 Å². The molecule has 0 aliphatic rings. The maximum absolute atomic E-state index is 11.9. The van der Waals surface area contributed by atoms with E-state index in [1.165, 1.54) is 25.2 Å². The third kappa shape index (κ3) is 2.64. The van der Waals surface area contributed by atoms with Crippen molar-refractivity contribution >= 4 is 43.1 Å². The maximum atomic E-state index is 11.9. The summed E-state index contributed by atoms with van der Waals surface area (Å²) in [4.78, 5) is 11.5. The third-order valence-corrected chi connectivity index (χ3v) is 6.48. The Morgan fingerprint density at radius 2 is 2.06 bits per heavy atom. The molecule has 1 aromatic heterocycles. The lowest BCUT2D eigenvalue weighted by Crippen LogP contribution is -2.41. The van der Waals surface area contributed by atoms with Gasteiger partial charge in [-0.15, -0.1) is 11.3 Å². The Kier molecular flexibility index (Phi) is 3.81. The van der Waals surface area contributed by atoms with Crippen LogP contribution in [0.15, 0.2) is 15.9 Å². The van der Waals surface area contributed by atoms with Crippen LogP contribution >= 0.6 is 27.3 Å². The summed E-state index contributed by atoms with van der Waals surface area (Å²) in [6.07, 6.45) is 0. The number of carboxylic acid groups (broad SMARTS) is 1. The molecule has 0 aromatic carbocycles. The van der Waals surface area contributed by atoms with Crippen LogP contribution in [-0.4, -0.2) is 24.2 Å². The summed E-state index contributed by atoms with van der Waals surface area (Å²) in [5, 5.41) is 8.88. The molecule has 0 atom stereocenters. The molecule has 0 amide bonds. The van der Waals surface area contributed by atoms with Crippen molar-refractivity contribution < 1.29 is 18.3 Å². The van der Waals surface area contributed by atoms with Gasteiger partial charge in [0.2, 0.25) is 0 Å². The molecule has 0 spiro atoms. The Hall–Kier alpha value is -0.400. The van der Waals surface area contributed by atoms with Crippen LogP contribution < -0.4 is 0 Å². The molecule has 0 bridgehead atoms. The SMILES string of the molecule is CC(C)(C(=O)O)S(=O)(=O)Cc1ccc(Br)s1. The fourth-order valence-electron chi connectivity index (χ4n) is 0.930. The first-order valence-corrected chi connectivity index (χ1v) is 7.63. The second-order valence-corrected chi connectivity index (χ2v) is 8.87. The summed E-state index contributed by atoms with van der Waals surface area (Å²) >= 11 is 4.51. The smallest absolute Gasteiger partial charge is 0.324 e. The van der Waals surface area contributed by atoms with Crippen LogP contribution in [-0.2, 0) is 20.4 Å². The minimum atomic E-state index is -3.71. The van der Waals surface area contributed by atoms with E-state index in [1.54, 1.807) is 12.1 Å². The number of thiophene rings is 1. The zero-order valence-corrected chi connectivity index (χ0v) is 11.9. The van der Waals surface area contributed by atoms with E-state index in [9.17, 15) is 13.2 Å². The minimum Gasteiger partial charge on any atom is -0.480 e. The number of aliphatic carboxylic acids is 1. The van der Waals surface area contributed by atoms with Gasteiger partial charge in [0.25, 0.3) is 0 Å². The van der Waals surface area contributed by atoms with Crippen LogP contribution in [0, 0.1) is 0 Å². The van der Waals surface area contributed by atoms with Gasteiger partial charge in [0, 0.05) is 4.88 Å². The fraction of sp³-hybridized carbons (Fsp3) is 0.444. The first-order chi connectivity index (χ1) is 7.17. The summed E-state index contributed by atoms with van der Waals surface area (Å²) in [5.74, 6) is -1.58. The zero-order valence-electron chi connectivity index (χ0n) is 8.73. The van der Waals surface area contributed by atoms with Gasteiger partial charge >= 0.3 is 5.97 Å². The monoisotopic (exact) mass is 326 g/mol. The summed E-state index contributed by atoms with van der Waals surface area (Å²) < 4.78 is 22.8. The van der Waals surface area contributed by atoms with Gasteiger partial charge in [-0.1, -0.05) is 0 Å². The molecule has 16 heavy (non-hydrogen) atoms. The van der Waals surface area contributed by atoms with E-state index in [0.717, 1.165) is 3.79 Å². The number of halogens is 1. The van der Waals surface area contributed by atoms with Crippen LogP contribution in [0.4, 0.5) is 0 Å². The van der Waals surface area contributed by atoms with Crippen LogP contribution in [0.25, 0.3) is 0 Å². The van der Waals surface area contributed by atoms with E-state index in [-0.39, 0.29) is 5.75 Å². The summed E-state index contributed by atoms with van der Waals surface area (Å²) in [5.41, 5.74) is 0. The molecule has 0 unspecified atom stereocenters. The Bertz CT molecular complexity index is 501. The van der Waals surface area contributed by atoms with Crippen molar-refractivity contribution in [1.29, 1.82) is 0 Å². The predicted molar refractivity (Wildman–Crippen MR) is 66.4 cm³/mol. The number of carbonyl (C=O) groups is 1. The highest BCUT2D eigenvalue weighted by atomic mass is 79.9. The van der Waals surface area contributed by atoms with E-state index in [2.05, 4.69) is 15.9 Å². The normalized spacial score (nSPS) is 12.7. The van der Waals surface area contributed by atoms with Crippen molar-refractivity contribution in [3.8, 4) is 0 Å². The molecule has 7 heteroatoms. The lowest BCUT2D eigenvalue weighted by Gasteiger charge is -2.18. The van der Waals surface area contributed by atoms with Gasteiger partial charge < -0.3 is 5.11 Å². The summed E-state index contributed by atoms with van der Waals surface area (Å²) in [6, 6.07) is 3.41. The number of rotatable bonds is 4. The molecule has 0 saturated carbocycles. The highest BCUT2D eigenvalue weighted by Gasteiger charge is 2.41. The first kappa shape index (κ1) is 13.7. The molecule has 0 aliphatic carbocycles. The quantitative estimate of drug-likeness (QED) is 0.921. The van der Waals surface area contributed by atoms with Crippen molar-refractivity contribution in [2.75, 3.05) is 0 Å². The van der Waals surface area contributed by atoms with Gasteiger partial charge in [-0.25, -0.2) is 8.42 Å².